The van der Waals surface area contributed by atoms with E-state index in [9.17, 15) is 13.8 Å². The van der Waals surface area contributed by atoms with Gasteiger partial charge in [0.15, 0.2) is 11.5 Å². The zero-order chi connectivity index (χ0) is 20.4. The first-order valence-electron chi connectivity index (χ1n) is 9.29. The van der Waals surface area contributed by atoms with E-state index in [2.05, 4.69) is 26.1 Å². The van der Waals surface area contributed by atoms with Crippen molar-refractivity contribution in [3.63, 3.8) is 0 Å². The lowest BCUT2D eigenvalue weighted by Gasteiger charge is -2.70. The van der Waals surface area contributed by atoms with Crippen LogP contribution in [0.15, 0.2) is 27.8 Å². The minimum atomic E-state index is -2.52. The average Bonchev–Trinajstić information content (AvgIpc) is 3.02. The monoisotopic (exact) mass is 420 g/mol. The van der Waals surface area contributed by atoms with E-state index in [-0.39, 0.29) is 34.3 Å². The summed E-state index contributed by atoms with van der Waals surface area (Å²) in [6, 6.07) is 4.31. The molecule has 9 nitrogen and oxygen atoms in total. The fourth-order valence-corrected chi connectivity index (χ4v) is 6.68. The average molecular weight is 420 g/mol. The molecular weight excluding hydrogens is 399 g/mol. The molecule has 29 heavy (non-hydrogen) atoms. The second kappa shape index (κ2) is 5.99. The standard InChI is InChI=1S/C18H21FN6O3S/c1-29(20,27)9-17-6-18(7-17,8-17)22-16-14(24-28-25-16)15(23-26)21-13-4-10-2-3-11(19)5-12(10)13/h2-3,5,13,20,26H,4,6-9H2,1H3,(H,21,23)(H,22,25)/t13-,17?,18?,29?/m0/s1. The third-order valence-corrected chi connectivity index (χ3v) is 7.25. The van der Waals surface area contributed by atoms with Gasteiger partial charge < -0.3 is 5.32 Å². The third-order valence-electron chi connectivity index (χ3n) is 6.09. The van der Waals surface area contributed by atoms with Gasteiger partial charge in [0.05, 0.1) is 6.04 Å². The van der Waals surface area contributed by atoms with Gasteiger partial charge in [0.25, 0.3) is 0 Å². The summed E-state index contributed by atoms with van der Waals surface area (Å²) in [6.07, 6.45) is 4.55. The first-order chi connectivity index (χ1) is 13.7. The molecule has 1 heterocycles. The maximum Gasteiger partial charge on any atom is 0.202 e. The van der Waals surface area contributed by atoms with Crippen LogP contribution in [0.3, 0.4) is 0 Å². The Morgan fingerprint density at radius 2 is 2.21 bits per heavy atom. The molecule has 1 unspecified atom stereocenters. The highest BCUT2D eigenvalue weighted by Crippen LogP contribution is 2.68. The molecule has 2 atom stereocenters. The fourth-order valence-electron chi connectivity index (χ4n) is 5.21. The van der Waals surface area contributed by atoms with Crippen LogP contribution in [0.4, 0.5) is 10.2 Å². The quantitative estimate of drug-likeness (QED) is 0.320. The molecule has 0 saturated heterocycles. The summed E-state index contributed by atoms with van der Waals surface area (Å²) >= 11 is 0. The Hall–Kier alpha value is -2.53. The number of hydrogen-bond donors (Lipinski definition) is 4. The van der Waals surface area contributed by atoms with Crippen LogP contribution in [0.5, 0.6) is 0 Å². The molecule has 2 aromatic rings. The fraction of sp³-hybridized carbons (Fsp3) is 0.500. The molecule has 0 aliphatic heterocycles. The Balaban J connectivity index is 1.32. The molecule has 1 aromatic carbocycles. The zero-order valence-electron chi connectivity index (χ0n) is 15.7. The molecular formula is C18H21FN6O3S. The normalized spacial score (nSPS) is 31.6. The zero-order valence-corrected chi connectivity index (χ0v) is 16.6. The van der Waals surface area contributed by atoms with Gasteiger partial charge in [0, 0.05) is 27.3 Å². The Morgan fingerprint density at radius 1 is 1.45 bits per heavy atom. The number of amidine groups is 1. The van der Waals surface area contributed by atoms with Crippen molar-refractivity contribution in [3.05, 3.63) is 40.8 Å². The van der Waals surface area contributed by atoms with Gasteiger partial charge >= 0.3 is 0 Å². The van der Waals surface area contributed by atoms with Crippen molar-refractivity contribution < 1.29 is 18.4 Å². The third kappa shape index (κ3) is 3.08. The molecule has 6 rings (SSSR count). The predicted molar refractivity (Wildman–Crippen MR) is 103 cm³/mol. The highest BCUT2D eigenvalue weighted by atomic mass is 32.2. The SMILES string of the molecule is CS(=N)(=O)CC12CC(Nc3nonc3C(=N[C@H]3Cc4ccc(F)cc43)NO)(C1)C2. The summed E-state index contributed by atoms with van der Waals surface area (Å²) in [6.45, 7) is 0. The first-order valence-corrected chi connectivity index (χ1v) is 11.4. The highest BCUT2D eigenvalue weighted by molar-refractivity contribution is 7.91. The van der Waals surface area contributed by atoms with Crippen LogP contribution in [-0.4, -0.2) is 43.1 Å². The molecule has 11 heteroatoms. The van der Waals surface area contributed by atoms with Gasteiger partial charge in [-0.1, -0.05) is 6.07 Å². The van der Waals surface area contributed by atoms with Gasteiger partial charge in [-0.25, -0.2) is 9.02 Å². The van der Waals surface area contributed by atoms with Crippen LogP contribution in [0.25, 0.3) is 0 Å². The predicted octanol–water partition coefficient (Wildman–Crippen LogP) is 2.24. The Bertz CT molecular complexity index is 1110. The lowest BCUT2D eigenvalue weighted by atomic mass is 9.40. The van der Waals surface area contributed by atoms with Gasteiger partial charge in [-0.2, -0.15) is 0 Å². The van der Waals surface area contributed by atoms with E-state index < -0.39 is 9.73 Å². The molecule has 0 amide bonds. The smallest absolute Gasteiger partial charge is 0.202 e. The summed E-state index contributed by atoms with van der Waals surface area (Å²) < 4.78 is 37.8. The molecule has 0 spiro atoms. The van der Waals surface area contributed by atoms with Crippen molar-refractivity contribution in [2.45, 2.75) is 37.3 Å². The number of hydroxylamine groups is 1. The summed E-state index contributed by atoms with van der Waals surface area (Å²) in [5.41, 5.74) is 3.90. The van der Waals surface area contributed by atoms with E-state index >= 15 is 0 Å². The Morgan fingerprint density at radius 3 is 2.90 bits per heavy atom. The minimum Gasteiger partial charge on any atom is -0.360 e. The lowest BCUT2D eigenvalue weighted by molar-refractivity contribution is -0.0964. The number of rotatable bonds is 6. The van der Waals surface area contributed by atoms with Crippen LogP contribution >= 0.6 is 0 Å². The van der Waals surface area contributed by atoms with Crippen LogP contribution in [0.1, 0.15) is 42.1 Å². The number of halogens is 1. The van der Waals surface area contributed by atoms with Crippen molar-refractivity contribution in [1.82, 2.24) is 15.8 Å². The Labute approximate surface area is 166 Å². The molecule has 2 bridgehead atoms. The van der Waals surface area contributed by atoms with Gasteiger partial charge in [0.1, 0.15) is 5.82 Å². The number of anilines is 1. The van der Waals surface area contributed by atoms with E-state index in [1.807, 2.05) is 0 Å². The van der Waals surface area contributed by atoms with E-state index in [0.717, 1.165) is 30.4 Å². The van der Waals surface area contributed by atoms with Crippen molar-refractivity contribution in [1.29, 1.82) is 4.78 Å². The lowest BCUT2D eigenvalue weighted by Crippen LogP contribution is -2.72. The second-order valence-electron chi connectivity index (χ2n) is 8.70. The molecule has 154 valence electrons. The summed E-state index contributed by atoms with van der Waals surface area (Å²) in [4.78, 5) is 4.46. The first kappa shape index (κ1) is 18.5. The molecule has 4 N–H and O–H groups in total. The molecule has 1 aromatic heterocycles. The van der Waals surface area contributed by atoms with Gasteiger partial charge in [-0.15, -0.1) is 0 Å². The molecule has 4 aliphatic rings. The number of fused-ring (bicyclic) bond motifs is 1. The number of nitrogens with zero attached hydrogens (tertiary/aromatic N) is 3. The van der Waals surface area contributed by atoms with E-state index in [1.165, 1.54) is 18.4 Å². The molecule has 3 fully saturated rings. The number of hydrogen-bond acceptors (Lipinski definition) is 8. The number of aliphatic imine (C=N–C) groups is 1. The van der Waals surface area contributed by atoms with Crippen molar-refractivity contribution in [2.75, 3.05) is 17.3 Å². The molecule has 0 radical (unpaired) electrons. The van der Waals surface area contributed by atoms with Crippen molar-refractivity contribution >= 4 is 21.4 Å². The maximum absolute atomic E-state index is 13.5. The van der Waals surface area contributed by atoms with Crippen LogP contribution in [0, 0.1) is 16.0 Å². The van der Waals surface area contributed by atoms with Crippen LogP contribution in [0.2, 0.25) is 0 Å². The number of aromatic nitrogens is 2. The van der Waals surface area contributed by atoms with Gasteiger partial charge in [0.2, 0.25) is 5.82 Å². The van der Waals surface area contributed by atoms with E-state index in [1.54, 1.807) is 6.07 Å². The van der Waals surface area contributed by atoms with Gasteiger partial charge in [-0.3, -0.25) is 24.7 Å². The van der Waals surface area contributed by atoms with E-state index in [4.69, 9.17) is 9.41 Å². The largest absolute Gasteiger partial charge is 0.360 e. The number of nitrogens with one attached hydrogen (secondary N) is 3. The topological polar surface area (TPSA) is 136 Å². The van der Waals surface area contributed by atoms with Crippen LogP contribution < -0.4 is 10.8 Å². The second-order valence-corrected chi connectivity index (χ2v) is 11.0. The maximum atomic E-state index is 13.5. The summed E-state index contributed by atoms with van der Waals surface area (Å²) in [5.74, 6) is 0.544. The highest BCUT2D eigenvalue weighted by Gasteiger charge is 2.68. The van der Waals surface area contributed by atoms with Gasteiger partial charge in [-0.05, 0) is 64.7 Å². The Kier molecular flexibility index (Phi) is 3.82. The summed E-state index contributed by atoms with van der Waals surface area (Å²) in [7, 11) is -2.52. The van der Waals surface area contributed by atoms with Crippen LogP contribution in [-0.2, 0) is 16.1 Å². The van der Waals surface area contributed by atoms with Crippen molar-refractivity contribution in [3.8, 4) is 0 Å². The van der Waals surface area contributed by atoms with Crippen molar-refractivity contribution in [2.24, 2.45) is 10.4 Å². The summed E-state index contributed by atoms with van der Waals surface area (Å²) in [5, 5.41) is 20.7. The van der Waals surface area contributed by atoms with E-state index in [0.29, 0.717) is 18.0 Å². The minimum absolute atomic E-state index is 0.0240. The number of benzene rings is 1. The molecule has 4 aliphatic carbocycles. The molecule has 3 saturated carbocycles.